The Kier molecular flexibility index (Phi) is 9.35. The monoisotopic (exact) mass is 759 g/mol. The van der Waals surface area contributed by atoms with E-state index in [1.807, 2.05) is 12.1 Å². The molecule has 0 bridgehead atoms. The van der Waals surface area contributed by atoms with Crippen LogP contribution in [-0.4, -0.2) is 5.71 Å². The second kappa shape index (κ2) is 15.3. The number of nitrogens with one attached hydrogen (secondary N) is 1. The first-order chi connectivity index (χ1) is 29.0. The first-order valence-corrected chi connectivity index (χ1v) is 20.6. The predicted octanol–water partition coefficient (Wildman–Crippen LogP) is 14.9. The average Bonchev–Trinajstić information content (AvgIpc) is 3.53. The van der Waals surface area contributed by atoms with E-state index in [9.17, 15) is 0 Å². The topological polar surface area (TPSA) is 27.6 Å². The molecule has 0 unspecified atom stereocenters. The number of rotatable bonds is 9. The third-order valence-corrected chi connectivity index (χ3v) is 12.1. The van der Waals surface area contributed by atoms with Crippen LogP contribution in [0.15, 0.2) is 217 Å². The van der Waals surface area contributed by atoms with Crippen molar-refractivity contribution in [1.29, 1.82) is 0 Å². The van der Waals surface area contributed by atoms with Crippen molar-refractivity contribution >= 4 is 44.8 Å². The van der Waals surface area contributed by atoms with E-state index in [4.69, 9.17) is 5.10 Å². The van der Waals surface area contributed by atoms with Gasteiger partial charge in [-0.1, -0.05) is 183 Å². The van der Waals surface area contributed by atoms with E-state index < -0.39 is 0 Å². The second-order valence-electron chi connectivity index (χ2n) is 16.0. The van der Waals surface area contributed by atoms with Crippen molar-refractivity contribution in [3.63, 3.8) is 0 Å². The normalized spacial score (nSPS) is 13.8. The Bertz CT molecular complexity index is 2840. The van der Waals surface area contributed by atoms with E-state index in [2.05, 4.69) is 218 Å². The number of hydrogen-bond acceptors (Lipinski definition) is 3. The minimum Gasteiger partial charge on any atom is -0.310 e. The van der Waals surface area contributed by atoms with Crippen LogP contribution in [0.2, 0.25) is 0 Å². The summed E-state index contributed by atoms with van der Waals surface area (Å²) >= 11 is 0. The molecule has 0 heterocycles. The molecule has 0 saturated carbocycles. The molecule has 8 aromatic carbocycles. The van der Waals surface area contributed by atoms with Crippen molar-refractivity contribution in [1.82, 2.24) is 0 Å². The molecule has 0 radical (unpaired) electrons. The summed E-state index contributed by atoms with van der Waals surface area (Å²) in [6.45, 7) is 4.79. The Balaban J connectivity index is 1.02. The third-order valence-electron chi connectivity index (χ3n) is 12.1. The molecule has 0 spiro atoms. The fourth-order valence-electron chi connectivity index (χ4n) is 9.07. The highest BCUT2D eigenvalue weighted by Gasteiger charge is 2.37. The number of hydrazone groups is 1. The van der Waals surface area contributed by atoms with Gasteiger partial charge >= 0.3 is 0 Å². The highest BCUT2D eigenvalue weighted by molar-refractivity contribution is 6.13. The Hall–Kier alpha value is -7.23. The number of benzene rings is 8. The Morgan fingerprint density at radius 2 is 1.07 bits per heavy atom. The summed E-state index contributed by atoms with van der Waals surface area (Å²) in [5.74, 6) is 0. The van der Waals surface area contributed by atoms with Gasteiger partial charge in [-0.25, -0.2) is 0 Å². The summed E-state index contributed by atoms with van der Waals surface area (Å²) in [6, 6.07) is 69.4. The van der Waals surface area contributed by atoms with Crippen LogP contribution >= 0.6 is 0 Å². The highest BCUT2D eigenvalue weighted by atomic mass is 15.3. The Labute approximate surface area is 347 Å². The van der Waals surface area contributed by atoms with Crippen molar-refractivity contribution < 1.29 is 0 Å². The maximum atomic E-state index is 5.00. The van der Waals surface area contributed by atoms with Crippen LogP contribution in [0.1, 0.15) is 48.9 Å². The number of nitrogens with zero attached hydrogens (tertiary/aromatic N) is 2. The quantitative estimate of drug-likeness (QED) is 0.117. The molecule has 2 aliphatic rings. The molecule has 8 aromatic rings. The lowest BCUT2D eigenvalue weighted by molar-refractivity contribution is 0.607. The van der Waals surface area contributed by atoms with Gasteiger partial charge < -0.3 is 4.90 Å². The van der Waals surface area contributed by atoms with E-state index in [0.29, 0.717) is 0 Å². The van der Waals surface area contributed by atoms with Gasteiger partial charge in [0, 0.05) is 39.0 Å². The van der Waals surface area contributed by atoms with E-state index in [0.717, 1.165) is 63.4 Å². The van der Waals surface area contributed by atoms with E-state index in [-0.39, 0.29) is 5.41 Å². The van der Waals surface area contributed by atoms with Crippen LogP contribution in [0.3, 0.4) is 0 Å². The van der Waals surface area contributed by atoms with Crippen LogP contribution in [0, 0.1) is 0 Å². The molecule has 0 atom stereocenters. The van der Waals surface area contributed by atoms with Crippen LogP contribution < -0.4 is 10.3 Å². The van der Waals surface area contributed by atoms with Crippen LogP contribution in [0.25, 0.3) is 38.6 Å². The first-order valence-electron chi connectivity index (χ1n) is 20.6. The van der Waals surface area contributed by atoms with Crippen LogP contribution in [0.5, 0.6) is 0 Å². The smallest absolute Gasteiger partial charge is 0.0977 e. The molecule has 2 aliphatic carbocycles. The van der Waals surface area contributed by atoms with Crippen molar-refractivity contribution in [2.24, 2.45) is 5.10 Å². The van der Waals surface area contributed by atoms with E-state index in [1.165, 1.54) is 38.8 Å². The van der Waals surface area contributed by atoms with E-state index in [1.54, 1.807) is 5.57 Å². The minimum absolute atomic E-state index is 0.0177. The maximum Gasteiger partial charge on any atom is 0.0977 e. The molecule has 0 fully saturated rings. The maximum absolute atomic E-state index is 5.00. The zero-order valence-corrected chi connectivity index (χ0v) is 33.4. The van der Waals surface area contributed by atoms with Gasteiger partial charge in [0.25, 0.3) is 0 Å². The van der Waals surface area contributed by atoms with E-state index >= 15 is 0 Å². The summed E-state index contributed by atoms with van der Waals surface area (Å²) in [5, 5.41) is 7.29. The lowest BCUT2D eigenvalue weighted by Crippen LogP contribution is -2.18. The summed E-state index contributed by atoms with van der Waals surface area (Å²) in [5.41, 5.74) is 21.3. The predicted molar refractivity (Wildman–Crippen MR) is 250 cm³/mol. The summed E-state index contributed by atoms with van der Waals surface area (Å²) in [6.07, 6.45) is 6.91. The number of anilines is 4. The van der Waals surface area contributed by atoms with Crippen molar-refractivity contribution in [2.75, 3.05) is 10.3 Å². The molecule has 10 rings (SSSR count). The molecule has 1 N–H and O–H groups in total. The molecule has 59 heavy (non-hydrogen) atoms. The number of allylic oxidation sites excluding steroid dienone is 4. The van der Waals surface area contributed by atoms with Gasteiger partial charge in [-0.3, -0.25) is 5.43 Å². The molecule has 0 aliphatic heterocycles. The van der Waals surface area contributed by atoms with Gasteiger partial charge in [-0.05, 0) is 99.6 Å². The van der Waals surface area contributed by atoms with Gasteiger partial charge in [0.05, 0.1) is 11.4 Å². The fraction of sp³-hybridized carbons (Fsp3) is 0.0893. The molecule has 284 valence electrons. The lowest BCUT2D eigenvalue weighted by Gasteiger charge is -2.29. The van der Waals surface area contributed by atoms with Gasteiger partial charge in [-0.2, -0.15) is 5.10 Å². The Morgan fingerprint density at radius 1 is 0.525 bits per heavy atom. The largest absolute Gasteiger partial charge is 0.310 e. The molecule has 3 heteroatoms. The van der Waals surface area contributed by atoms with Crippen LogP contribution in [-0.2, 0) is 5.41 Å². The lowest BCUT2D eigenvalue weighted by atomic mass is 9.78. The molecular weight excluding hydrogens is 715 g/mol. The molecular formula is C56H45N3. The first kappa shape index (κ1) is 36.1. The molecule has 0 saturated heterocycles. The minimum atomic E-state index is -0.0177. The zero-order chi connectivity index (χ0) is 39.8. The fourth-order valence-corrected chi connectivity index (χ4v) is 9.07. The van der Waals surface area contributed by atoms with Gasteiger partial charge in [0.1, 0.15) is 0 Å². The standard InChI is InChI=1S/C56H45N3/c1-56(2)52-25-15-14-23-49(52)50-35-34-46(38-53(50)56)59(44-30-26-40(27-31-44)39-16-6-3-7-17-39)45-32-28-41(29-33-45)47-36-37-54(51-24-13-12-22-48(47)51)57-58-55(42-18-8-4-9-19-42)43-20-10-5-11-21-43/h3-14,16-24,26-38,57H,15,25H2,1-2H3. The van der Waals surface area contributed by atoms with Gasteiger partial charge in [0.2, 0.25) is 0 Å². The molecule has 0 aromatic heterocycles. The molecule has 0 amide bonds. The summed E-state index contributed by atoms with van der Waals surface area (Å²) in [7, 11) is 0. The summed E-state index contributed by atoms with van der Waals surface area (Å²) < 4.78 is 0. The highest BCUT2D eigenvalue weighted by Crippen LogP contribution is 2.52. The third kappa shape index (κ3) is 6.75. The van der Waals surface area contributed by atoms with Gasteiger partial charge in [-0.15, -0.1) is 0 Å². The van der Waals surface area contributed by atoms with Crippen molar-refractivity contribution in [2.45, 2.75) is 32.1 Å². The van der Waals surface area contributed by atoms with Crippen molar-refractivity contribution in [3.05, 3.63) is 234 Å². The summed E-state index contributed by atoms with van der Waals surface area (Å²) in [4.78, 5) is 2.41. The second-order valence-corrected chi connectivity index (χ2v) is 16.0. The Morgan fingerprint density at radius 3 is 1.73 bits per heavy atom. The van der Waals surface area contributed by atoms with Crippen LogP contribution in [0.4, 0.5) is 22.7 Å². The SMILES string of the molecule is CC1(C)C2=C(C=CCC2)c2ccc(N(c3ccc(-c4ccccc4)cc3)c3ccc(-c4ccc(NN=C(c5ccccc5)c5ccccc5)c5ccccc45)cc3)cc21. The average molecular weight is 760 g/mol. The van der Waals surface area contributed by atoms with Gasteiger partial charge in [0.15, 0.2) is 0 Å². The zero-order valence-electron chi connectivity index (χ0n) is 33.4. The number of hydrogen-bond donors (Lipinski definition) is 1. The molecule has 3 nitrogen and oxygen atoms in total. The number of fused-ring (bicyclic) bond motifs is 3. The van der Waals surface area contributed by atoms with Crippen molar-refractivity contribution in [3.8, 4) is 22.3 Å².